The van der Waals surface area contributed by atoms with Crippen molar-refractivity contribution in [3.8, 4) is 17.2 Å². The van der Waals surface area contributed by atoms with Gasteiger partial charge in [-0.15, -0.1) is 0 Å². The Balaban J connectivity index is 2.59. The van der Waals surface area contributed by atoms with Gasteiger partial charge in [0.25, 0.3) is 0 Å². The smallest absolute Gasteiger partial charge is 0.188 e. The maximum Gasteiger partial charge on any atom is 0.188 e. The molecule has 0 fully saturated rings. The van der Waals surface area contributed by atoms with Gasteiger partial charge in [-0.2, -0.15) is 0 Å². The van der Waals surface area contributed by atoms with Crippen LogP contribution in [0.2, 0.25) is 0 Å². The van der Waals surface area contributed by atoms with Gasteiger partial charge in [-0.05, 0) is 44.6 Å². The van der Waals surface area contributed by atoms with Crippen molar-refractivity contribution in [3.63, 3.8) is 0 Å². The summed E-state index contributed by atoms with van der Waals surface area (Å²) >= 11 is 0. The van der Waals surface area contributed by atoms with Gasteiger partial charge < -0.3 is 23.7 Å². The Bertz CT molecular complexity index is 917. The van der Waals surface area contributed by atoms with E-state index in [9.17, 15) is 4.79 Å². The molecule has 0 spiro atoms. The minimum atomic E-state index is -0.160. The third-order valence-corrected chi connectivity index (χ3v) is 4.30. The first-order valence-corrected chi connectivity index (χ1v) is 9.74. The van der Waals surface area contributed by atoms with Crippen LogP contribution in [0.15, 0.2) is 48.3 Å². The molecule has 0 atom stereocenters. The summed E-state index contributed by atoms with van der Waals surface area (Å²) in [4.78, 5) is 16.5. The fraction of sp³-hybridized carbons (Fsp3) is 0.333. The average Bonchev–Trinajstić information content (AvgIpc) is 2.79. The lowest BCUT2D eigenvalue weighted by Crippen LogP contribution is -2.08. The van der Waals surface area contributed by atoms with Gasteiger partial charge in [0.15, 0.2) is 19.4 Å². The highest BCUT2D eigenvalue weighted by Crippen LogP contribution is 2.41. The molecule has 0 radical (unpaired) electrons. The first-order chi connectivity index (χ1) is 15.0. The van der Waals surface area contributed by atoms with Gasteiger partial charge in [0, 0.05) is 43.8 Å². The molecule has 31 heavy (non-hydrogen) atoms. The zero-order valence-corrected chi connectivity index (χ0v) is 18.6. The van der Waals surface area contributed by atoms with Gasteiger partial charge >= 0.3 is 0 Å². The number of ether oxygens (including phenoxy) is 5. The van der Waals surface area contributed by atoms with Gasteiger partial charge in [-0.25, -0.2) is 0 Å². The summed E-state index contributed by atoms with van der Waals surface area (Å²) in [5.41, 5.74) is 3.10. The van der Waals surface area contributed by atoms with E-state index in [1.165, 1.54) is 6.08 Å². The van der Waals surface area contributed by atoms with Crippen LogP contribution in [0.5, 0.6) is 17.2 Å². The molecule has 0 bridgehead atoms. The van der Waals surface area contributed by atoms with Crippen molar-refractivity contribution in [1.82, 2.24) is 4.98 Å². The second kappa shape index (κ2) is 12.5. The molecule has 0 saturated heterocycles. The molecule has 0 saturated carbocycles. The molecule has 166 valence electrons. The molecule has 2 aromatic rings. The summed E-state index contributed by atoms with van der Waals surface area (Å²) in [7, 11) is 4.64. The first-order valence-electron chi connectivity index (χ1n) is 9.74. The van der Waals surface area contributed by atoms with Crippen LogP contribution >= 0.6 is 0 Å². The van der Waals surface area contributed by atoms with E-state index in [0.29, 0.717) is 34.8 Å². The molecule has 0 amide bonds. The lowest BCUT2D eigenvalue weighted by molar-refractivity contribution is 0.0444. The van der Waals surface area contributed by atoms with Crippen LogP contribution in [0, 0.1) is 0 Å². The van der Waals surface area contributed by atoms with Crippen LogP contribution in [0.3, 0.4) is 0 Å². The number of aromatic nitrogens is 1. The molecule has 7 heteroatoms. The van der Waals surface area contributed by atoms with Crippen molar-refractivity contribution < 1.29 is 28.5 Å². The number of rotatable bonds is 12. The van der Waals surface area contributed by atoms with E-state index in [-0.39, 0.29) is 19.4 Å². The van der Waals surface area contributed by atoms with Gasteiger partial charge in [0.05, 0.1) is 12.7 Å². The van der Waals surface area contributed by atoms with E-state index in [4.69, 9.17) is 23.7 Å². The van der Waals surface area contributed by atoms with E-state index in [1.54, 1.807) is 58.0 Å². The van der Waals surface area contributed by atoms with Gasteiger partial charge in [-0.1, -0.05) is 11.6 Å². The number of carbonyl (C=O) groups is 1. The molecule has 1 aromatic carbocycles. The Hall–Kier alpha value is -3.16. The zero-order chi connectivity index (χ0) is 22.6. The number of carbonyl (C=O) groups excluding carboxylic acids is 1. The van der Waals surface area contributed by atoms with Crippen LogP contribution in [0.25, 0.3) is 6.08 Å². The van der Waals surface area contributed by atoms with E-state index < -0.39 is 0 Å². The lowest BCUT2D eigenvalue weighted by atomic mass is 10.0. The number of methoxy groups -OCH3 is 3. The van der Waals surface area contributed by atoms with Crippen molar-refractivity contribution in [1.29, 1.82) is 0 Å². The number of hydrogen-bond acceptors (Lipinski definition) is 7. The maximum absolute atomic E-state index is 12.6. The first kappa shape index (κ1) is 24.1. The number of pyridine rings is 1. The van der Waals surface area contributed by atoms with E-state index in [0.717, 1.165) is 11.1 Å². The van der Waals surface area contributed by atoms with Gasteiger partial charge in [0.2, 0.25) is 0 Å². The van der Waals surface area contributed by atoms with Crippen molar-refractivity contribution in [2.24, 2.45) is 0 Å². The van der Waals surface area contributed by atoms with Crippen LogP contribution in [0.4, 0.5) is 0 Å². The summed E-state index contributed by atoms with van der Waals surface area (Å²) in [5.74, 6) is 1.42. The molecule has 0 aliphatic rings. The van der Waals surface area contributed by atoms with E-state index >= 15 is 0 Å². The summed E-state index contributed by atoms with van der Waals surface area (Å²) in [5, 5.41) is 0. The molecule has 0 N–H and O–H groups in total. The predicted octanol–water partition coefficient (Wildman–Crippen LogP) is 4.46. The maximum atomic E-state index is 12.6. The van der Waals surface area contributed by atoms with Gasteiger partial charge in [-0.3, -0.25) is 9.78 Å². The Kier molecular flexibility index (Phi) is 9.74. The summed E-state index contributed by atoms with van der Waals surface area (Å²) in [6.45, 7) is 4.13. The molecular weight excluding hydrogens is 398 g/mol. The molecule has 1 heterocycles. The Labute approximate surface area is 183 Å². The summed E-state index contributed by atoms with van der Waals surface area (Å²) in [6.07, 6.45) is 8.94. The molecule has 0 aliphatic heterocycles. The van der Waals surface area contributed by atoms with E-state index in [1.807, 2.05) is 13.8 Å². The number of nitrogens with zero attached hydrogens (tertiary/aromatic N) is 1. The third kappa shape index (κ3) is 6.94. The highest BCUT2D eigenvalue weighted by Gasteiger charge is 2.20. The number of ketones is 1. The average molecular weight is 427 g/mol. The fourth-order valence-corrected chi connectivity index (χ4v) is 2.80. The van der Waals surface area contributed by atoms with Crippen molar-refractivity contribution in [3.05, 3.63) is 65.0 Å². The van der Waals surface area contributed by atoms with E-state index in [2.05, 4.69) is 11.1 Å². The second-order valence-electron chi connectivity index (χ2n) is 6.82. The largest absolute Gasteiger partial charge is 0.496 e. The number of allylic oxidation sites excluding steroid dienone is 3. The minimum Gasteiger partial charge on any atom is -0.496 e. The predicted molar refractivity (Wildman–Crippen MR) is 119 cm³/mol. The second-order valence-corrected chi connectivity index (χ2v) is 6.82. The SMILES string of the molecule is COCOc1cc(OC)c(/C=C/C(=O)c2ccncc2)c(OCOC)c1CC=C(C)C. The molecule has 0 unspecified atom stereocenters. The highest BCUT2D eigenvalue weighted by atomic mass is 16.7. The molecule has 1 aromatic heterocycles. The summed E-state index contributed by atoms with van der Waals surface area (Å²) < 4.78 is 27.5. The summed E-state index contributed by atoms with van der Waals surface area (Å²) in [6, 6.07) is 5.09. The standard InChI is InChI=1S/C24H29NO6/c1-17(2)6-7-20-23(30-15-27-3)14-22(29-5)19(24(20)31-16-28-4)8-9-21(26)18-10-12-25-13-11-18/h6,8-14H,7,15-16H2,1-5H3/b9-8+. The monoisotopic (exact) mass is 427 g/mol. The zero-order valence-electron chi connectivity index (χ0n) is 18.6. The number of hydrogen-bond donors (Lipinski definition) is 0. The highest BCUT2D eigenvalue weighted by molar-refractivity contribution is 6.07. The Morgan fingerprint density at radius 3 is 2.29 bits per heavy atom. The van der Waals surface area contributed by atoms with Crippen LogP contribution in [-0.4, -0.2) is 45.7 Å². The van der Waals surface area contributed by atoms with Crippen LogP contribution in [-0.2, 0) is 15.9 Å². The minimum absolute atomic E-state index is 0.0256. The quantitative estimate of drug-likeness (QED) is 0.214. The van der Waals surface area contributed by atoms with Gasteiger partial charge in [0.1, 0.15) is 17.2 Å². The molecule has 2 rings (SSSR count). The van der Waals surface area contributed by atoms with Crippen molar-refractivity contribution in [2.45, 2.75) is 20.3 Å². The molecule has 7 nitrogen and oxygen atoms in total. The van der Waals surface area contributed by atoms with Crippen LogP contribution < -0.4 is 14.2 Å². The fourth-order valence-electron chi connectivity index (χ4n) is 2.80. The molecule has 0 aliphatic carbocycles. The van der Waals surface area contributed by atoms with Crippen molar-refractivity contribution >= 4 is 11.9 Å². The normalized spacial score (nSPS) is 10.7. The Morgan fingerprint density at radius 1 is 1.00 bits per heavy atom. The van der Waals surface area contributed by atoms with Crippen LogP contribution in [0.1, 0.15) is 35.3 Å². The molecular formula is C24H29NO6. The Morgan fingerprint density at radius 2 is 1.68 bits per heavy atom. The number of benzene rings is 1. The lowest BCUT2D eigenvalue weighted by Gasteiger charge is -2.20. The third-order valence-electron chi connectivity index (χ3n) is 4.30. The van der Waals surface area contributed by atoms with Crippen molar-refractivity contribution in [2.75, 3.05) is 34.9 Å². The topological polar surface area (TPSA) is 76.1 Å².